The van der Waals surface area contributed by atoms with Gasteiger partial charge in [0.05, 0.1) is 11.8 Å². The van der Waals surface area contributed by atoms with Crippen LogP contribution in [0.3, 0.4) is 0 Å². The lowest BCUT2D eigenvalue weighted by Gasteiger charge is -2.24. The van der Waals surface area contributed by atoms with Gasteiger partial charge in [0.2, 0.25) is 0 Å². The molecule has 0 saturated heterocycles. The van der Waals surface area contributed by atoms with Crippen molar-refractivity contribution < 1.29 is 9.21 Å². The molecule has 2 aromatic rings. The SMILES string of the molecule is O=C1N[C@@H](c2ccco2)Nc2sc3c(c21)CCCC3. The molecule has 1 aliphatic heterocycles. The Morgan fingerprint density at radius 3 is 3.00 bits per heavy atom. The van der Waals surface area contributed by atoms with Crippen LogP contribution in [0.2, 0.25) is 0 Å². The van der Waals surface area contributed by atoms with Gasteiger partial charge in [-0.25, -0.2) is 0 Å². The van der Waals surface area contributed by atoms with Gasteiger partial charge in [0.1, 0.15) is 10.8 Å². The zero-order chi connectivity index (χ0) is 12.8. The minimum atomic E-state index is -0.255. The quantitative estimate of drug-likeness (QED) is 0.840. The van der Waals surface area contributed by atoms with Crippen molar-refractivity contribution >= 4 is 22.2 Å². The van der Waals surface area contributed by atoms with E-state index < -0.39 is 0 Å². The lowest BCUT2D eigenvalue weighted by molar-refractivity contribution is 0.0930. The molecule has 2 aromatic heterocycles. The number of carbonyl (C=O) groups excluding carboxylic acids is 1. The molecule has 1 atom stereocenters. The monoisotopic (exact) mass is 274 g/mol. The van der Waals surface area contributed by atoms with Gasteiger partial charge in [-0.1, -0.05) is 0 Å². The molecule has 1 aliphatic carbocycles. The van der Waals surface area contributed by atoms with Crippen molar-refractivity contribution in [3.63, 3.8) is 0 Å². The number of thiophene rings is 1. The molecule has 98 valence electrons. The van der Waals surface area contributed by atoms with Crippen molar-refractivity contribution in [2.24, 2.45) is 0 Å². The first-order valence-corrected chi connectivity index (χ1v) is 7.40. The van der Waals surface area contributed by atoms with E-state index in [-0.39, 0.29) is 12.1 Å². The third-order valence-electron chi connectivity index (χ3n) is 3.78. The van der Waals surface area contributed by atoms with Crippen molar-refractivity contribution in [2.75, 3.05) is 5.32 Å². The highest BCUT2D eigenvalue weighted by molar-refractivity contribution is 7.16. The van der Waals surface area contributed by atoms with E-state index >= 15 is 0 Å². The maximum absolute atomic E-state index is 12.3. The van der Waals surface area contributed by atoms with Gasteiger partial charge < -0.3 is 15.1 Å². The molecule has 19 heavy (non-hydrogen) atoms. The molecule has 0 spiro atoms. The van der Waals surface area contributed by atoms with Crippen LogP contribution in [-0.4, -0.2) is 5.91 Å². The second-order valence-electron chi connectivity index (χ2n) is 4.98. The van der Waals surface area contributed by atoms with Crippen LogP contribution in [0.5, 0.6) is 0 Å². The largest absolute Gasteiger partial charge is 0.465 e. The summed E-state index contributed by atoms with van der Waals surface area (Å²) in [6.07, 6.45) is 5.92. The molecular formula is C14H14N2O2S. The fourth-order valence-corrected chi connectivity index (χ4v) is 4.19. The standard InChI is InChI=1S/C14H14N2O2S/c17-13-11-8-4-1-2-6-10(8)19-14(11)16-12(15-13)9-5-3-7-18-9/h3,5,7,12,16H,1-2,4,6H2,(H,15,17)/t12-/m1/s1. The highest BCUT2D eigenvalue weighted by atomic mass is 32.1. The fraction of sp³-hybridized carbons (Fsp3) is 0.357. The summed E-state index contributed by atoms with van der Waals surface area (Å²) in [7, 11) is 0. The van der Waals surface area contributed by atoms with E-state index in [4.69, 9.17) is 4.42 Å². The summed E-state index contributed by atoms with van der Waals surface area (Å²) >= 11 is 1.73. The van der Waals surface area contributed by atoms with Crippen LogP contribution in [0.1, 0.15) is 45.6 Å². The number of fused-ring (bicyclic) bond motifs is 3. The Labute approximate surface area is 114 Å². The number of hydrogen-bond donors (Lipinski definition) is 2. The molecule has 2 N–H and O–H groups in total. The number of aryl methyl sites for hydroxylation is 1. The minimum absolute atomic E-state index is 0.0227. The molecule has 3 heterocycles. The lowest BCUT2D eigenvalue weighted by Crippen LogP contribution is -2.38. The summed E-state index contributed by atoms with van der Waals surface area (Å²) < 4.78 is 5.37. The van der Waals surface area contributed by atoms with Crippen molar-refractivity contribution in [3.8, 4) is 0 Å². The maximum atomic E-state index is 12.3. The van der Waals surface area contributed by atoms with Gasteiger partial charge in [-0.3, -0.25) is 4.79 Å². The Morgan fingerprint density at radius 2 is 2.16 bits per heavy atom. The third-order valence-corrected chi connectivity index (χ3v) is 5.00. The first-order valence-electron chi connectivity index (χ1n) is 6.58. The molecule has 1 amide bonds. The van der Waals surface area contributed by atoms with Gasteiger partial charge in [-0.15, -0.1) is 11.3 Å². The van der Waals surface area contributed by atoms with Crippen LogP contribution in [0.15, 0.2) is 22.8 Å². The van der Waals surface area contributed by atoms with Gasteiger partial charge in [0, 0.05) is 4.88 Å². The second kappa shape index (κ2) is 4.13. The van der Waals surface area contributed by atoms with E-state index in [1.165, 1.54) is 23.3 Å². The van der Waals surface area contributed by atoms with Crippen LogP contribution < -0.4 is 10.6 Å². The molecule has 5 heteroatoms. The minimum Gasteiger partial charge on any atom is -0.465 e. The summed E-state index contributed by atoms with van der Waals surface area (Å²) in [6, 6.07) is 3.70. The summed E-state index contributed by atoms with van der Waals surface area (Å²) in [4.78, 5) is 13.7. The molecule has 0 fully saturated rings. The Kier molecular flexibility index (Phi) is 2.41. The third kappa shape index (κ3) is 1.69. The van der Waals surface area contributed by atoms with Crippen LogP contribution in [0, 0.1) is 0 Å². The summed E-state index contributed by atoms with van der Waals surface area (Å²) in [5, 5.41) is 7.35. The molecule has 0 radical (unpaired) electrons. The van der Waals surface area contributed by atoms with Gasteiger partial charge in [0.25, 0.3) is 5.91 Å². The van der Waals surface area contributed by atoms with E-state index in [2.05, 4.69) is 10.6 Å². The van der Waals surface area contributed by atoms with Crippen molar-refractivity contribution in [1.29, 1.82) is 0 Å². The number of amides is 1. The highest BCUT2D eigenvalue weighted by Gasteiger charge is 2.32. The van der Waals surface area contributed by atoms with Crippen molar-refractivity contribution in [2.45, 2.75) is 31.8 Å². The average Bonchev–Trinajstić information content (AvgIpc) is 3.05. The normalized spacial score (nSPS) is 21.3. The van der Waals surface area contributed by atoms with Crippen LogP contribution in [-0.2, 0) is 12.8 Å². The maximum Gasteiger partial charge on any atom is 0.256 e. The lowest BCUT2D eigenvalue weighted by atomic mass is 9.94. The molecule has 0 bridgehead atoms. The van der Waals surface area contributed by atoms with E-state index in [1.807, 2.05) is 12.1 Å². The number of carbonyl (C=O) groups is 1. The van der Waals surface area contributed by atoms with E-state index in [9.17, 15) is 4.79 Å². The smallest absolute Gasteiger partial charge is 0.256 e. The van der Waals surface area contributed by atoms with Crippen LogP contribution in [0.25, 0.3) is 0 Å². The zero-order valence-corrected chi connectivity index (χ0v) is 11.2. The second-order valence-corrected chi connectivity index (χ2v) is 6.09. The van der Waals surface area contributed by atoms with E-state index in [0.29, 0.717) is 0 Å². The molecule has 0 unspecified atom stereocenters. The molecular weight excluding hydrogens is 260 g/mol. The molecule has 0 aromatic carbocycles. The first kappa shape index (κ1) is 11.1. The molecule has 4 rings (SSSR count). The van der Waals surface area contributed by atoms with Gasteiger partial charge in [-0.05, 0) is 43.4 Å². The first-order chi connectivity index (χ1) is 9.33. The number of nitrogens with one attached hydrogen (secondary N) is 2. The van der Waals surface area contributed by atoms with Gasteiger partial charge in [0.15, 0.2) is 6.17 Å². The van der Waals surface area contributed by atoms with E-state index in [1.54, 1.807) is 17.6 Å². The Balaban J connectivity index is 1.75. The van der Waals surface area contributed by atoms with Crippen LogP contribution in [0.4, 0.5) is 5.00 Å². The number of rotatable bonds is 1. The topological polar surface area (TPSA) is 54.3 Å². The number of anilines is 1. The van der Waals surface area contributed by atoms with Crippen molar-refractivity contribution in [1.82, 2.24) is 5.32 Å². The van der Waals surface area contributed by atoms with Crippen LogP contribution >= 0.6 is 11.3 Å². The molecule has 2 aliphatic rings. The predicted octanol–water partition coefficient (Wildman–Crippen LogP) is 3.07. The number of furan rings is 1. The zero-order valence-electron chi connectivity index (χ0n) is 10.4. The summed E-state index contributed by atoms with van der Waals surface area (Å²) in [5.74, 6) is 0.764. The van der Waals surface area contributed by atoms with Gasteiger partial charge in [-0.2, -0.15) is 0 Å². The number of hydrogen-bond acceptors (Lipinski definition) is 4. The summed E-state index contributed by atoms with van der Waals surface area (Å²) in [6.45, 7) is 0. The summed E-state index contributed by atoms with van der Waals surface area (Å²) in [5.41, 5.74) is 2.12. The molecule has 0 saturated carbocycles. The molecule has 4 nitrogen and oxygen atoms in total. The predicted molar refractivity (Wildman–Crippen MR) is 73.5 cm³/mol. The van der Waals surface area contributed by atoms with Gasteiger partial charge >= 0.3 is 0 Å². The fourth-order valence-electron chi connectivity index (χ4n) is 2.88. The Hall–Kier alpha value is -1.75. The Morgan fingerprint density at radius 1 is 1.26 bits per heavy atom. The average molecular weight is 274 g/mol. The highest BCUT2D eigenvalue weighted by Crippen LogP contribution is 2.41. The van der Waals surface area contributed by atoms with E-state index in [0.717, 1.165) is 29.2 Å². The Bertz CT molecular complexity index is 630. The van der Waals surface area contributed by atoms with Crippen molar-refractivity contribution in [3.05, 3.63) is 40.2 Å².